The lowest BCUT2D eigenvalue weighted by Gasteiger charge is -2.13. The van der Waals surface area contributed by atoms with Gasteiger partial charge in [0.15, 0.2) is 5.13 Å². The molecule has 0 fully saturated rings. The Morgan fingerprint density at radius 1 is 1.32 bits per heavy atom. The van der Waals surface area contributed by atoms with E-state index in [4.69, 9.17) is 5.73 Å². The van der Waals surface area contributed by atoms with E-state index in [9.17, 15) is 9.59 Å². The summed E-state index contributed by atoms with van der Waals surface area (Å²) in [6, 6.07) is 10.1. The lowest BCUT2D eigenvalue weighted by atomic mass is 10.1. The topological polar surface area (TPSA) is 106 Å². The van der Waals surface area contributed by atoms with Gasteiger partial charge in [0.1, 0.15) is 11.4 Å². The SMILES string of the molecule is CCn1c(N)c(-c2csc(N[C@@H](C)c3ccccc3)n2)c(=O)[nH]c1=O. The number of benzene rings is 1. The minimum Gasteiger partial charge on any atom is -0.384 e. The summed E-state index contributed by atoms with van der Waals surface area (Å²) in [5.41, 5.74) is 6.78. The molecule has 3 aromatic rings. The monoisotopic (exact) mass is 357 g/mol. The highest BCUT2D eigenvalue weighted by molar-refractivity contribution is 7.14. The van der Waals surface area contributed by atoms with E-state index in [1.54, 1.807) is 12.3 Å². The van der Waals surface area contributed by atoms with Gasteiger partial charge in [-0.05, 0) is 19.4 Å². The molecule has 0 aliphatic rings. The van der Waals surface area contributed by atoms with E-state index in [2.05, 4.69) is 15.3 Å². The van der Waals surface area contributed by atoms with Crippen molar-refractivity contribution in [1.29, 1.82) is 0 Å². The number of nitrogens with zero attached hydrogens (tertiary/aromatic N) is 2. The molecule has 0 saturated heterocycles. The molecule has 2 heterocycles. The van der Waals surface area contributed by atoms with E-state index >= 15 is 0 Å². The van der Waals surface area contributed by atoms with Crippen molar-refractivity contribution in [2.45, 2.75) is 26.4 Å². The highest BCUT2D eigenvalue weighted by Gasteiger charge is 2.17. The first-order valence-electron chi connectivity index (χ1n) is 7.91. The number of nitrogen functional groups attached to an aromatic ring is 1. The van der Waals surface area contributed by atoms with E-state index in [1.807, 2.05) is 37.3 Å². The number of nitrogens with two attached hydrogens (primary N) is 1. The first-order chi connectivity index (χ1) is 12.0. The molecule has 0 bridgehead atoms. The van der Waals surface area contributed by atoms with Crippen LogP contribution < -0.4 is 22.3 Å². The quantitative estimate of drug-likeness (QED) is 0.650. The first-order valence-corrected chi connectivity index (χ1v) is 8.79. The molecule has 2 aromatic heterocycles. The zero-order chi connectivity index (χ0) is 18.0. The smallest absolute Gasteiger partial charge is 0.329 e. The van der Waals surface area contributed by atoms with E-state index < -0.39 is 11.2 Å². The molecule has 7 nitrogen and oxygen atoms in total. The number of aromatic nitrogens is 3. The van der Waals surface area contributed by atoms with Crippen LogP contribution in [0.25, 0.3) is 11.3 Å². The summed E-state index contributed by atoms with van der Waals surface area (Å²) in [6.45, 7) is 4.19. The van der Waals surface area contributed by atoms with E-state index in [0.717, 1.165) is 5.56 Å². The molecule has 0 amide bonds. The second-order valence-corrected chi connectivity index (χ2v) is 6.44. The molecule has 0 saturated carbocycles. The van der Waals surface area contributed by atoms with Crippen molar-refractivity contribution in [3.8, 4) is 11.3 Å². The van der Waals surface area contributed by atoms with Crippen molar-refractivity contribution in [2.75, 3.05) is 11.1 Å². The predicted octanol–water partition coefficient (Wildman–Crippen LogP) is 2.44. The van der Waals surface area contributed by atoms with Crippen LogP contribution in [-0.2, 0) is 6.54 Å². The molecule has 25 heavy (non-hydrogen) atoms. The Labute approximate surface area is 148 Å². The molecular formula is C17H19N5O2S. The maximum Gasteiger partial charge on any atom is 0.329 e. The molecular weight excluding hydrogens is 338 g/mol. The molecule has 1 atom stereocenters. The Hall–Kier alpha value is -2.87. The van der Waals surface area contributed by atoms with Crippen LogP contribution in [0.3, 0.4) is 0 Å². The highest BCUT2D eigenvalue weighted by Crippen LogP contribution is 2.28. The Morgan fingerprint density at radius 3 is 2.72 bits per heavy atom. The van der Waals surface area contributed by atoms with Gasteiger partial charge in [0.2, 0.25) is 0 Å². The van der Waals surface area contributed by atoms with Gasteiger partial charge in [-0.3, -0.25) is 14.3 Å². The van der Waals surface area contributed by atoms with Gasteiger partial charge >= 0.3 is 5.69 Å². The van der Waals surface area contributed by atoms with Crippen molar-refractivity contribution >= 4 is 22.3 Å². The van der Waals surface area contributed by atoms with Gasteiger partial charge in [-0.2, -0.15) is 0 Å². The summed E-state index contributed by atoms with van der Waals surface area (Å²) in [5.74, 6) is 0.129. The van der Waals surface area contributed by atoms with E-state index in [1.165, 1.54) is 15.9 Å². The predicted molar refractivity (Wildman–Crippen MR) is 101 cm³/mol. The number of hydrogen-bond acceptors (Lipinski definition) is 6. The maximum atomic E-state index is 12.2. The molecule has 8 heteroatoms. The van der Waals surface area contributed by atoms with E-state index in [0.29, 0.717) is 17.4 Å². The largest absolute Gasteiger partial charge is 0.384 e. The number of aromatic amines is 1. The van der Waals surface area contributed by atoms with Crippen LogP contribution >= 0.6 is 11.3 Å². The Kier molecular flexibility index (Phi) is 4.71. The van der Waals surface area contributed by atoms with Crippen LogP contribution in [0.5, 0.6) is 0 Å². The molecule has 0 aliphatic heterocycles. The zero-order valence-corrected chi connectivity index (χ0v) is 14.8. The third-order valence-corrected chi connectivity index (χ3v) is 4.73. The molecule has 3 rings (SSSR count). The average molecular weight is 357 g/mol. The second-order valence-electron chi connectivity index (χ2n) is 5.58. The summed E-state index contributed by atoms with van der Waals surface area (Å²) in [5, 5.41) is 5.75. The van der Waals surface area contributed by atoms with Crippen molar-refractivity contribution in [3.05, 3.63) is 62.1 Å². The third-order valence-electron chi connectivity index (χ3n) is 3.96. The van der Waals surface area contributed by atoms with Crippen LogP contribution in [0, 0.1) is 0 Å². The number of thiazole rings is 1. The van der Waals surface area contributed by atoms with Crippen molar-refractivity contribution in [3.63, 3.8) is 0 Å². The summed E-state index contributed by atoms with van der Waals surface area (Å²) >= 11 is 1.38. The average Bonchev–Trinajstić information content (AvgIpc) is 3.03. The minimum atomic E-state index is -0.528. The maximum absolute atomic E-state index is 12.2. The van der Waals surface area contributed by atoms with Gasteiger partial charge in [0, 0.05) is 11.9 Å². The molecule has 4 N–H and O–H groups in total. The molecule has 0 spiro atoms. The Balaban J connectivity index is 1.92. The number of rotatable bonds is 5. The summed E-state index contributed by atoms with van der Waals surface area (Å²) in [7, 11) is 0. The van der Waals surface area contributed by atoms with Crippen molar-refractivity contribution < 1.29 is 0 Å². The minimum absolute atomic E-state index is 0.0698. The van der Waals surface area contributed by atoms with E-state index in [-0.39, 0.29) is 17.4 Å². The highest BCUT2D eigenvalue weighted by atomic mass is 32.1. The Bertz CT molecular complexity index is 990. The fraction of sp³-hybridized carbons (Fsp3) is 0.235. The van der Waals surface area contributed by atoms with Gasteiger partial charge in [0.05, 0.1) is 11.7 Å². The first kappa shape index (κ1) is 17.0. The lowest BCUT2D eigenvalue weighted by Crippen LogP contribution is -2.32. The van der Waals surface area contributed by atoms with Gasteiger partial charge < -0.3 is 11.1 Å². The molecule has 0 aliphatic carbocycles. The fourth-order valence-corrected chi connectivity index (χ4v) is 3.40. The van der Waals surface area contributed by atoms with Crippen LogP contribution in [0.2, 0.25) is 0 Å². The number of hydrogen-bond donors (Lipinski definition) is 3. The standard InChI is InChI=1S/C17H19N5O2S/c1-3-22-14(18)13(15(23)21-17(22)24)12-9-25-16(20-12)19-10(2)11-7-5-4-6-8-11/h4-10H,3,18H2,1-2H3,(H,19,20)(H,21,23,24)/t10-/m0/s1. The third kappa shape index (κ3) is 3.34. The fourth-order valence-electron chi connectivity index (χ4n) is 2.61. The zero-order valence-electron chi connectivity index (χ0n) is 13.9. The van der Waals surface area contributed by atoms with Gasteiger partial charge in [0.25, 0.3) is 5.56 Å². The molecule has 1 aromatic carbocycles. The normalized spacial score (nSPS) is 12.1. The van der Waals surface area contributed by atoms with Crippen LogP contribution in [0.4, 0.5) is 10.9 Å². The van der Waals surface area contributed by atoms with Gasteiger partial charge in [-0.25, -0.2) is 9.78 Å². The van der Waals surface area contributed by atoms with Crippen LogP contribution in [0.1, 0.15) is 25.5 Å². The molecule has 0 radical (unpaired) electrons. The second kappa shape index (κ2) is 6.94. The summed E-state index contributed by atoms with van der Waals surface area (Å²) in [4.78, 5) is 30.7. The molecule has 0 unspecified atom stereocenters. The lowest BCUT2D eigenvalue weighted by molar-refractivity contribution is 0.706. The van der Waals surface area contributed by atoms with Gasteiger partial charge in [-0.1, -0.05) is 30.3 Å². The van der Waals surface area contributed by atoms with Crippen molar-refractivity contribution in [2.24, 2.45) is 0 Å². The van der Waals surface area contributed by atoms with Crippen LogP contribution in [0.15, 0.2) is 45.3 Å². The number of anilines is 2. The molecule has 130 valence electrons. The van der Waals surface area contributed by atoms with Gasteiger partial charge in [-0.15, -0.1) is 11.3 Å². The van der Waals surface area contributed by atoms with Crippen molar-refractivity contribution in [1.82, 2.24) is 14.5 Å². The Morgan fingerprint density at radius 2 is 2.04 bits per heavy atom. The summed E-state index contributed by atoms with van der Waals surface area (Å²) < 4.78 is 1.32. The summed E-state index contributed by atoms with van der Waals surface area (Å²) in [6.07, 6.45) is 0. The number of nitrogens with one attached hydrogen (secondary N) is 2. The number of H-pyrrole nitrogens is 1. The van der Waals surface area contributed by atoms with Crippen LogP contribution in [-0.4, -0.2) is 14.5 Å².